The van der Waals surface area contributed by atoms with E-state index in [1.165, 1.54) is 28.6 Å². The predicted octanol–water partition coefficient (Wildman–Crippen LogP) is 1.66. The third-order valence-electron chi connectivity index (χ3n) is 3.39. The highest BCUT2D eigenvalue weighted by Crippen LogP contribution is 2.32. The standard InChI is InChI=1S/C15H18N2O4S/c1-2-21-15(18)9-10-17(13-5-6-13)22(19,20)14-7-3-12(11-16)4-8-14/h3-4,7-8,13H,2,5-6,9-10H2,1H3. The van der Waals surface area contributed by atoms with Gasteiger partial charge < -0.3 is 4.74 Å². The number of nitriles is 1. The van der Waals surface area contributed by atoms with E-state index in [1.54, 1.807) is 6.92 Å². The molecule has 0 unspecified atom stereocenters. The molecule has 1 aliphatic carbocycles. The lowest BCUT2D eigenvalue weighted by Crippen LogP contribution is -2.35. The van der Waals surface area contributed by atoms with Crippen LogP contribution in [-0.4, -0.2) is 37.9 Å². The second-order valence-electron chi connectivity index (χ2n) is 5.04. The second-order valence-corrected chi connectivity index (χ2v) is 6.93. The minimum Gasteiger partial charge on any atom is -0.466 e. The van der Waals surface area contributed by atoms with Crippen LogP contribution in [0.15, 0.2) is 29.2 Å². The number of hydrogen-bond donors (Lipinski definition) is 0. The Labute approximate surface area is 130 Å². The van der Waals surface area contributed by atoms with E-state index in [-0.39, 0.29) is 30.5 Å². The van der Waals surface area contributed by atoms with Gasteiger partial charge in [0, 0.05) is 12.6 Å². The summed E-state index contributed by atoms with van der Waals surface area (Å²) in [5.41, 5.74) is 0.406. The number of carbonyl (C=O) groups is 1. The summed E-state index contributed by atoms with van der Waals surface area (Å²) >= 11 is 0. The van der Waals surface area contributed by atoms with Gasteiger partial charge in [-0.15, -0.1) is 0 Å². The van der Waals surface area contributed by atoms with Crippen molar-refractivity contribution in [2.75, 3.05) is 13.2 Å². The molecule has 0 atom stereocenters. The van der Waals surface area contributed by atoms with Gasteiger partial charge in [-0.05, 0) is 44.0 Å². The van der Waals surface area contributed by atoms with Gasteiger partial charge in [0.15, 0.2) is 0 Å². The maximum Gasteiger partial charge on any atom is 0.307 e. The summed E-state index contributed by atoms with van der Waals surface area (Å²) in [7, 11) is -3.66. The quantitative estimate of drug-likeness (QED) is 0.713. The maximum atomic E-state index is 12.7. The van der Waals surface area contributed by atoms with E-state index in [4.69, 9.17) is 10.00 Å². The van der Waals surface area contributed by atoms with Gasteiger partial charge in [0.05, 0.1) is 29.6 Å². The zero-order valence-corrected chi connectivity index (χ0v) is 13.2. The second kappa shape index (κ2) is 6.90. The Morgan fingerprint density at radius 3 is 2.50 bits per heavy atom. The van der Waals surface area contributed by atoms with E-state index < -0.39 is 16.0 Å². The van der Waals surface area contributed by atoms with Crippen LogP contribution in [-0.2, 0) is 19.6 Å². The first-order valence-electron chi connectivity index (χ1n) is 7.16. The highest BCUT2D eigenvalue weighted by Gasteiger charge is 2.38. The van der Waals surface area contributed by atoms with E-state index in [9.17, 15) is 13.2 Å². The lowest BCUT2D eigenvalue weighted by atomic mass is 10.2. The smallest absolute Gasteiger partial charge is 0.307 e. The molecule has 0 saturated heterocycles. The number of benzene rings is 1. The van der Waals surface area contributed by atoms with Crippen LogP contribution in [0, 0.1) is 11.3 Å². The van der Waals surface area contributed by atoms with Crippen LogP contribution in [0.25, 0.3) is 0 Å². The summed E-state index contributed by atoms with van der Waals surface area (Å²) in [4.78, 5) is 11.6. The van der Waals surface area contributed by atoms with Crippen molar-refractivity contribution < 1.29 is 17.9 Å². The number of hydrogen-bond acceptors (Lipinski definition) is 5. The Morgan fingerprint density at radius 1 is 1.36 bits per heavy atom. The maximum absolute atomic E-state index is 12.7. The molecular weight excluding hydrogens is 304 g/mol. The third-order valence-corrected chi connectivity index (χ3v) is 5.35. The highest BCUT2D eigenvalue weighted by atomic mass is 32.2. The number of esters is 1. The van der Waals surface area contributed by atoms with Crippen LogP contribution >= 0.6 is 0 Å². The largest absolute Gasteiger partial charge is 0.466 e. The first-order chi connectivity index (χ1) is 10.5. The number of carbonyl (C=O) groups excluding carboxylic acids is 1. The van der Waals surface area contributed by atoms with E-state index in [2.05, 4.69) is 0 Å². The number of ether oxygens (including phenoxy) is 1. The first kappa shape index (κ1) is 16.5. The zero-order chi connectivity index (χ0) is 16.2. The summed E-state index contributed by atoms with van der Waals surface area (Å²) in [6, 6.07) is 7.71. The van der Waals surface area contributed by atoms with Gasteiger partial charge in [-0.1, -0.05) is 0 Å². The van der Waals surface area contributed by atoms with Crippen molar-refractivity contribution in [1.29, 1.82) is 5.26 Å². The first-order valence-corrected chi connectivity index (χ1v) is 8.60. The van der Waals surface area contributed by atoms with E-state index >= 15 is 0 Å². The molecule has 1 saturated carbocycles. The molecule has 0 radical (unpaired) electrons. The van der Waals surface area contributed by atoms with Crippen LogP contribution in [0.2, 0.25) is 0 Å². The molecule has 0 spiro atoms. The lowest BCUT2D eigenvalue weighted by molar-refractivity contribution is -0.143. The van der Waals surface area contributed by atoms with E-state index in [1.807, 2.05) is 6.07 Å². The van der Waals surface area contributed by atoms with Crippen molar-refractivity contribution in [3.8, 4) is 6.07 Å². The van der Waals surface area contributed by atoms with Crippen molar-refractivity contribution in [3.63, 3.8) is 0 Å². The number of sulfonamides is 1. The summed E-state index contributed by atoms with van der Waals surface area (Å²) in [5, 5.41) is 8.77. The van der Waals surface area contributed by atoms with Crippen molar-refractivity contribution in [2.24, 2.45) is 0 Å². The average molecular weight is 322 g/mol. The monoisotopic (exact) mass is 322 g/mol. The van der Waals surface area contributed by atoms with Crippen LogP contribution in [0.4, 0.5) is 0 Å². The SMILES string of the molecule is CCOC(=O)CCN(C1CC1)S(=O)(=O)c1ccc(C#N)cc1. The Morgan fingerprint density at radius 2 is 2.00 bits per heavy atom. The molecule has 0 heterocycles. The van der Waals surface area contributed by atoms with Gasteiger partial charge in [-0.3, -0.25) is 4.79 Å². The van der Waals surface area contributed by atoms with Crippen molar-refractivity contribution in [3.05, 3.63) is 29.8 Å². The Kier molecular flexibility index (Phi) is 5.16. The normalized spacial score (nSPS) is 14.6. The van der Waals surface area contributed by atoms with Crippen molar-refractivity contribution in [2.45, 2.75) is 37.1 Å². The fourth-order valence-electron chi connectivity index (χ4n) is 2.13. The average Bonchev–Trinajstić information content (AvgIpc) is 3.32. The van der Waals surface area contributed by atoms with Gasteiger partial charge in [0.25, 0.3) is 0 Å². The molecule has 1 aromatic rings. The summed E-state index contributed by atoms with van der Waals surface area (Å²) < 4.78 is 31.6. The number of nitrogens with zero attached hydrogens (tertiary/aromatic N) is 2. The minimum atomic E-state index is -3.66. The molecule has 6 nitrogen and oxygen atoms in total. The van der Waals surface area contributed by atoms with Crippen molar-refractivity contribution >= 4 is 16.0 Å². The van der Waals surface area contributed by atoms with Gasteiger partial charge in [-0.2, -0.15) is 9.57 Å². The third kappa shape index (κ3) is 3.84. The molecule has 7 heteroatoms. The summed E-state index contributed by atoms with van der Waals surface area (Å²) in [5.74, 6) is -0.400. The zero-order valence-electron chi connectivity index (χ0n) is 12.4. The van der Waals surface area contributed by atoms with Gasteiger partial charge in [0.2, 0.25) is 10.0 Å². The molecule has 0 aromatic heterocycles. The summed E-state index contributed by atoms with van der Waals surface area (Å²) in [6.45, 7) is 2.11. The molecule has 1 fully saturated rings. The van der Waals surface area contributed by atoms with Crippen LogP contribution in [0.1, 0.15) is 31.7 Å². The number of rotatable bonds is 7. The van der Waals surface area contributed by atoms with Gasteiger partial charge in [0.1, 0.15) is 0 Å². The molecule has 118 valence electrons. The topological polar surface area (TPSA) is 87.5 Å². The Balaban J connectivity index is 2.15. The molecule has 2 rings (SSSR count). The Hall–Kier alpha value is -1.91. The molecule has 1 aliphatic rings. The fourth-order valence-corrected chi connectivity index (χ4v) is 3.82. The molecular formula is C15H18N2O4S. The van der Waals surface area contributed by atoms with Crippen LogP contribution in [0.3, 0.4) is 0 Å². The molecule has 22 heavy (non-hydrogen) atoms. The molecule has 0 amide bonds. The summed E-state index contributed by atoms with van der Waals surface area (Å²) in [6.07, 6.45) is 1.65. The molecule has 1 aromatic carbocycles. The van der Waals surface area contributed by atoms with E-state index in [0.717, 1.165) is 12.8 Å². The van der Waals surface area contributed by atoms with Gasteiger partial charge in [-0.25, -0.2) is 8.42 Å². The van der Waals surface area contributed by atoms with Crippen LogP contribution < -0.4 is 0 Å². The molecule has 0 N–H and O–H groups in total. The fraction of sp³-hybridized carbons (Fsp3) is 0.467. The Bertz CT molecular complexity index is 672. The predicted molar refractivity (Wildman–Crippen MR) is 79.3 cm³/mol. The minimum absolute atomic E-state index is 0.0415. The van der Waals surface area contributed by atoms with Crippen LogP contribution in [0.5, 0.6) is 0 Å². The highest BCUT2D eigenvalue weighted by molar-refractivity contribution is 7.89. The molecule has 0 aliphatic heterocycles. The van der Waals surface area contributed by atoms with Crippen molar-refractivity contribution in [1.82, 2.24) is 4.31 Å². The van der Waals surface area contributed by atoms with Gasteiger partial charge >= 0.3 is 5.97 Å². The molecule has 0 bridgehead atoms. The lowest BCUT2D eigenvalue weighted by Gasteiger charge is -2.21. The van der Waals surface area contributed by atoms with E-state index in [0.29, 0.717) is 5.56 Å².